The normalized spacial score (nSPS) is 16.1. The number of aliphatic imine (C=N–C) groups is 1. The first-order chi connectivity index (χ1) is 8.95. The molecule has 3 nitrogen and oxygen atoms in total. The minimum Gasteiger partial charge on any atom is -1.00 e. The van der Waals surface area contributed by atoms with E-state index in [1.807, 2.05) is 12.1 Å². The molecule has 1 aromatic rings. The molecule has 0 saturated carbocycles. The van der Waals surface area contributed by atoms with Crippen molar-refractivity contribution in [3.05, 3.63) is 34.9 Å². The smallest absolute Gasteiger partial charge is 0.159 e. The number of halogens is 2. The van der Waals surface area contributed by atoms with Crippen LogP contribution in [0.3, 0.4) is 0 Å². The number of thioether (sulfide) groups is 1. The summed E-state index contributed by atoms with van der Waals surface area (Å²) in [5.74, 6) is 0.915. The van der Waals surface area contributed by atoms with Crippen molar-refractivity contribution in [2.75, 3.05) is 13.3 Å². The summed E-state index contributed by atoms with van der Waals surface area (Å²) in [6, 6.07) is 7.96. The number of rotatable bonds is 2. The third kappa shape index (κ3) is 5.17. The third-order valence-corrected chi connectivity index (χ3v) is 4.32. The second kappa shape index (κ2) is 7.55. The number of hydrogen-bond donors (Lipinski definition) is 1. The minimum absolute atomic E-state index is 0. The van der Waals surface area contributed by atoms with Gasteiger partial charge in [-0.05, 0) is 38.5 Å². The maximum atomic E-state index is 5.87. The Balaban J connectivity index is 0.00000200. The lowest BCUT2D eigenvalue weighted by Crippen LogP contribution is -3.00. The maximum Gasteiger partial charge on any atom is 0.159 e. The molecule has 0 unspecified atom stereocenters. The van der Waals surface area contributed by atoms with Gasteiger partial charge in [-0.2, -0.15) is 0 Å². The first kappa shape index (κ1) is 17.6. The maximum absolute atomic E-state index is 5.87. The lowest BCUT2D eigenvalue weighted by molar-refractivity contribution is -0.00000530. The molecule has 1 heterocycles. The Morgan fingerprint density at radius 1 is 1.30 bits per heavy atom. The highest BCUT2D eigenvalue weighted by molar-refractivity contribution is 8.13. The molecule has 0 aromatic heterocycles. The summed E-state index contributed by atoms with van der Waals surface area (Å²) >= 11 is 7.61. The van der Waals surface area contributed by atoms with Crippen LogP contribution in [-0.2, 0) is 5.75 Å². The van der Waals surface area contributed by atoms with Gasteiger partial charge >= 0.3 is 0 Å². The second-order valence-corrected chi connectivity index (χ2v) is 6.97. The lowest BCUT2D eigenvalue weighted by atomic mass is 10.1. The molecular weight excluding hydrogens is 313 g/mol. The van der Waals surface area contributed by atoms with E-state index in [1.165, 1.54) is 5.56 Å². The highest BCUT2D eigenvalue weighted by Gasteiger charge is 2.23. The van der Waals surface area contributed by atoms with Crippen molar-refractivity contribution < 1.29 is 12.4 Å². The highest BCUT2D eigenvalue weighted by Crippen LogP contribution is 2.19. The van der Waals surface area contributed by atoms with Crippen LogP contribution < -0.4 is 17.7 Å². The van der Waals surface area contributed by atoms with Crippen molar-refractivity contribution in [1.82, 2.24) is 10.2 Å². The zero-order valence-corrected chi connectivity index (χ0v) is 14.3. The van der Waals surface area contributed by atoms with E-state index in [2.05, 4.69) is 48.1 Å². The fraction of sp³-hybridized carbons (Fsp3) is 0.500. The first-order valence-corrected chi connectivity index (χ1v) is 7.72. The van der Waals surface area contributed by atoms with E-state index in [0.29, 0.717) is 0 Å². The molecule has 0 aliphatic carbocycles. The predicted molar refractivity (Wildman–Crippen MR) is 84.6 cm³/mol. The highest BCUT2D eigenvalue weighted by atomic mass is 35.5. The summed E-state index contributed by atoms with van der Waals surface area (Å²) in [7, 11) is 0. The Labute approximate surface area is 136 Å². The molecule has 0 fully saturated rings. The van der Waals surface area contributed by atoms with E-state index in [4.69, 9.17) is 11.6 Å². The molecular formula is C14H20Cl2N3S-. The van der Waals surface area contributed by atoms with Crippen molar-refractivity contribution >= 4 is 28.5 Å². The van der Waals surface area contributed by atoms with Crippen LogP contribution in [0.1, 0.15) is 26.3 Å². The molecule has 2 rings (SSSR count). The van der Waals surface area contributed by atoms with Gasteiger partial charge in [0.15, 0.2) is 5.17 Å². The van der Waals surface area contributed by atoms with Gasteiger partial charge < -0.3 is 17.7 Å². The van der Waals surface area contributed by atoms with Crippen LogP contribution in [0, 0.1) is 0 Å². The number of nitrogens with zero attached hydrogens (tertiary/aromatic N) is 2. The molecule has 1 aliphatic heterocycles. The Hall–Kier alpha value is -0.420. The monoisotopic (exact) mass is 332 g/mol. The topological polar surface area (TPSA) is 27.6 Å². The van der Waals surface area contributed by atoms with Crippen molar-refractivity contribution in [3.63, 3.8) is 0 Å². The molecule has 20 heavy (non-hydrogen) atoms. The van der Waals surface area contributed by atoms with Crippen molar-refractivity contribution in [2.45, 2.75) is 32.1 Å². The van der Waals surface area contributed by atoms with Gasteiger partial charge in [-0.15, -0.1) is 0 Å². The number of nitrogens with one attached hydrogen (secondary N) is 1. The quantitative estimate of drug-likeness (QED) is 0.857. The van der Waals surface area contributed by atoms with Crippen LogP contribution in [0.15, 0.2) is 29.3 Å². The Bertz CT molecular complexity index is 454. The van der Waals surface area contributed by atoms with E-state index >= 15 is 0 Å². The molecule has 1 aliphatic rings. The van der Waals surface area contributed by atoms with Gasteiger partial charge in [-0.1, -0.05) is 35.5 Å². The molecule has 0 bridgehead atoms. The van der Waals surface area contributed by atoms with E-state index in [-0.39, 0.29) is 17.9 Å². The Morgan fingerprint density at radius 2 is 1.95 bits per heavy atom. The standard InChI is InChI=1S/C14H20ClN3S.ClH/c1-14(2,3)18-9-16-13(17-10-18)19-8-11-4-6-12(15)7-5-11;/h4-7H,8-10H2,1-3H3,(H,16,17);1H/p-1. The van der Waals surface area contributed by atoms with Crippen LogP contribution in [0.4, 0.5) is 0 Å². The largest absolute Gasteiger partial charge is 1.00 e. The fourth-order valence-corrected chi connectivity index (χ4v) is 2.63. The van der Waals surface area contributed by atoms with Gasteiger partial charge in [0.2, 0.25) is 0 Å². The van der Waals surface area contributed by atoms with Crippen molar-refractivity contribution in [3.8, 4) is 0 Å². The van der Waals surface area contributed by atoms with Crippen LogP contribution in [0.5, 0.6) is 0 Å². The van der Waals surface area contributed by atoms with E-state index in [1.54, 1.807) is 11.8 Å². The number of benzene rings is 1. The summed E-state index contributed by atoms with van der Waals surface area (Å²) in [4.78, 5) is 6.88. The predicted octanol–water partition coefficient (Wildman–Crippen LogP) is 0.552. The summed E-state index contributed by atoms with van der Waals surface area (Å²) in [6.07, 6.45) is 0. The number of amidine groups is 1. The van der Waals surface area contributed by atoms with Gasteiger partial charge in [-0.25, -0.2) is 4.99 Å². The van der Waals surface area contributed by atoms with Crippen LogP contribution in [0.25, 0.3) is 0 Å². The Kier molecular flexibility index (Phi) is 6.65. The summed E-state index contributed by atoms with van der Waals surface area (Å²) < 4.78 is 0. The zero-order chi connectivity index (χ0) is 13.9. The molecule has 0 spiro atoms. The first-order valence-electron chi connectivity index (χ1n) is 6.36. The average Bonchev–Trinajstić information content (AvgIpc) is 2.37. The summed E-state index contributed by atoms with van der Waals surface area (Å²) in [6.45, 7) is 8.23. The third-order valence-electron chi connectivity index (χ3n) is 3.04. The Morgan fingerprint density at radius 3 is 2.45 bits per heavy atom. The van der Waals surface area contributed by atoms with Gasteiger partial charge in [-0.3, -0.25) is 4.90 Å². The van der Waals surface area contributed by atoms with Gasteiger partial charge in [0.1, 0.15) is 0 Å². The van der Waals surface area contributed by atoms with Crippen molar-refractivity contribution in [1.29, 1.82) is 0 Å². The summed E-state index contributed by atoms with van der Waals surface area (Å²) in [5, 5.41) is 5.17. The fourth-order valence-electron chi connectivity index (χ4n) is 1.70. The van der Waals surface area contributed by atoms with Crippen LogP contribution >= 0.6 is 23.4 Å². The number of hydrogen-bond acceptors (Lipinski definition) is 4. The van der Waals surface area contributed by atoms with Crippen LogP contribution in [-0.4, -0.2) is 28.9 Å². The molecule has 1 aromatic carbocycles. The van der Waals surface area contributed by atoms with E-state index in [9.17, 15) is 0 Å². The minimum atomic E-state index is 0. The molecule has 0 amide bonds. The molecule has 0 saturated heterocycles. The van der Waals surface area contributed by atoms with Crippen molar-refractivity contribution in [2.24, 2.45) is 4.99 Å². The second-order valence-electron chi connectivity index (χ2n) is 5.57. The van der Waals surface area contributed by atoms with E-state index in [0.717, 1.165) is 29.3 Å². The van der Waals surface area contributed by atoms with Crippen LogP contribution in [0.2, 0.25) is 5.02 Å². The zero-order valence-electron chi connectivity index (χ0n) is 12.0. The average molecular weight is 333 g/mol. The molecule has 112 valence electrons. The molecule has 1 N–H and O–H groups in total. The molecule has 0 radical (unpaired) electrons. The van der Waals surface area contributed by atoms with E-state index < -0.39 is 0 Å². The molecule has 6 heteroatoms. The molecule has 0 atom stereocenters. The SMILES string of the molecule is CC(C)(C)N1CN=C(SCc2ccc(Cl)cc2)NC1.[Cl-]. The summed E-state index contributed by atoms with van der Waals surface area (Å²) in [5.41, 5.74) is 1.42. The lowest BCUT2D eigenvalue weighted by Gasteiger charge is -2.37. The van der Waals surface area contributed by atoms with Gasteiger partial charge in [0.05, 0.1) is 13.3 Å². The van der Waals surface area contributed by atoms with Gasteiger partial charge in [0, 0.05) is 16.3 Å². The van der Waals surface area contributed by atoms with Gasteiger partial charge in [0.25, 0.3) is 0 Å².